The number of nitrogens with two attached hydrogens (primary N) is 1. The maximum atomic E-state index is 11.8. The fourth-order valence-electron chi connectivity index (χ4n) is 1.81. The number of carbonyl (C=O) groups excluding carboxylic acids is 1. The number of carbonyl (C=O) groups is 1. The van der Waals surface area contributed by atoms with Gasteiger partial charge >= 0.3 is 0 Å². The number of amides is 1. The third-order valence-electron chi connectivity index (χ3n) is 2.72. The molecule has 3 N–H and O–H groups in total. The molecule has 100 valence electrons. The minimum atomic E-state index is -0.465. The van der Waals surface area contributed by atoms with Gasteiger partial charge in [-0.3, -0.25) is 4.79 Å². The second-order valence-corrected chi connectivity index (χ2v) is 4.91. The van der Waals surface area contributed by atoms with E-state index in [4.69, 9.17) is 10.5 Å². The van der Waals surface area contributed by atoms with Gasteiger partial charge in [0.15, 0.2) is 0 Å². The van der Waals surface area contributed by atoms with E-state index in [0.29, 0.717) is 12.3 Å². The van der Waals surface area contributed by atoms with Crippen LogP contribution in [0, 0.1) is 12.8 Å². The Balaban J connectivity index is 2.67. The largest absolute Gasteiger partial charge is 0.496 e. The Labute approximate surface area is 109 Å². The highest BCUT2D eigenvalue weighted by molar-refractivity contribution is 5.94. The van der Waals surface area contributed by atoms with Crippen LogP contribution in [-0.4, -0.2) is 19.1 Å². The van der Waals surface area contributed by atoms with Gasteiger partial charge in [0.25, 0.3) is 0 Å². The van der Waals surface area contributed by atoms with E-state index in [1.807, 2.05) is 39.0 Å². The van der Waals surface area contributed by atoms with Gasteiger partial charge in [0.2, 0.25) is 5.91 Å². The molecule has 4 heteroatoms. The minimum absolute atomic E-state index is 0.145. The molecule has 0 aromatic heterocycles. The lowest BCUT2D eigenvalue weighted by Crippen LogP contribution is -2.36. The van der Waals surface area contributed by atoms with Crippen LogP contribution in [0.4, 0.5) is 5.69 Å². The van der Waals surface area contributed by atoms with Crippen LogP contribution in [0.3, 0.4) is 0 Å². The van der Waals surface area contributed by atoms with E-state index < -0.39 is 6.04 Å². The summed E-state index contributed by atoms with van der Waals surface area (Å²) in [5, 5.41) is 2.82. The Morgan fingerprint density at radius 2 is 2.11 bits per heavy atom. The number of hydrogen-bond donors (Lipinski definition) is 2. The fraction of sp³-hybridized carbons (Fsp3) is 0.500. The van der Waals surface area contributed by atoms with E-state index in [-0.39, 0.29) is 5.91 Å². The Hall–Kier alpha value is -1.55. The lowest BCUT2D eigenvalue weighted by Gasteiger charge is -2.15. The van der Waals surface area contributed by atoms with Crippen LogP contribution in [0.5, 0.6) is 5.75 Å². The Morgan fingerprint density at radius 1 is 1.44 bits per heavy atom. The maximum absolute atomic E-state index is 11.8. The summed E-state index contributed by atoms with van der Waals surface area (Å²) in [5.41, 5.74) is 7.55. The van der Waals surface area contributed by atoms with Crippen molar-refractivity contribution in [3.05, 3.63) is 23.8 Å². The molecule has 4 nitrogen and oxygen atoms in total. The number of nitrogens with one attached hydrogen (secondary N) is 1. The van der Waals surface area contributed by atoms with E-state index >= 15 is 0 Å². The van der Waals surface area contributed by atoms with Crippen molar-refractivity contribution in [3.8, 4) is 5.75 Å². The SMILES string of the molecule is COc1ccc(NC(=O)[C@H](N)CC(C)C)cc1C. The van der Waals surface area contributed by atoms with E-state index in [9.17, 15) is 4.79 Å². The van der Waals surface area contributed by atoms with Gasteiger partial charge in [0.1, 0.15) is 5.75 Å². The van der Waals surface area contributed by atoms with Crippen LogP contribution in [-0.2, 0) is 4.79 Å². The van der Waals surface area contributed by atoms with Crippen LogP contribution in [0.2, 0.25) is 0 Å². The van der Waals surface area contributed by atoms with E-state index in [1.165, 1.54) is 0 Å². The molecule has 1 amide bonds. The fourth-order valence-corrected chi connectivity index (χ4v) is 1.81. The molecule has 1 atom stereocenters. The van der Waals surface area contributed by atoms with Crippen molar-refractivity contribution in [1.29, 1.82) is 0 Å². The summed E-state index contributed by atoms with van der Waals surface area (Å²) >= 11 is 0. The molecule has 0 radical (unpaired) electrons. The first-order chi connectivity index (χ1) is 8.43. The zero-order valence-electron chi connectivity index (χ0n) is 11.5. The normalized spacial score (nSPS) is 12.3. The number of aryl methyl sites for hydroxylation is 1. The predicted molar refractivity (Wildman–Crippen MR) is 73.8 cm³/mol. The molecule has 1 aromatic rings. The lowest BCUT2D eigenvalue weighted by atomic mass is 10.0. The van der Waals surface area contributed by atoms with Crippen molar-refractivity contribution in [2.45, 2.75) is 33.2 Å². The monoisotopic (exact) mass is 250 g/mol. The number of ether oxygens (including phenoxy) is 1. The molecular formula is C14H22N2O2. The second-order valence-electron chi connectivity index (χ2n) is 4.91. The third kappa shape index (κ3) is 4.04. The summed E-state index contributed by atoms with van der Waals surface area (Å²) in [5.74, 6) is 1.07. The van der Waals surface area contributed by atoms with Gasteiger partial charge in [-0.2, -0.15) is 0 Å². The number of benzene rings is 1. The van der Waals surface area contributed by atoms with Crippen molar-refractivity contribution in [2.24, 2.45) is 11.7 Å². The first-order valence-corrected chi connectivity index (χ1v) is 6.15. The Morgan fingerprint density at radius 3 is 2.61 bits per heavy atom. The van der Waals surface area contributed by atoms with Crippen LogP contribution in [0.1, 0.15) is 25.8 Å². The minimum Gasteiger partial charge on any atom is -0.496 e. The summed E-state index contributed by atoms with van der Waals surface area (Å²) in [7, 11) is 1.62. The lowest BCUT2D eigenvalue weighted by molar-refractivity contribution is -0.117. The van der Waals surface area contributed by atoms with E-state index in [1.54, 1.807) is 7.11 Å². The van der Waals surface area contributed by atoms with Gasteiger partial charge in [-0.15, -0.1) is 0 Å². The second kappa shape index (κ2) is 6.40. The number of anilines is 1. The molecule has 18 heavy (non-hydrogen) atoms. The van der Waals surface area contributed by atoms with Crippen LogP contribution >= 0.6 is 0 Å². The molecule has 0 aliphatic carbocycles. The van der Waals surface area contributed by atoms with Crippen molar-refractivity contribution in [3.63, 3.8) is 0 Å². The van der Waals surface area contributed by atoms with Gasteiger partial charge in [0, 0.05) is 5.69 Å². The quantitative estimate of drug-likeness (QED) is 0.843. The Kier molecular flexibility index (Phi) is 5.16. The van der Waals surface area contributed by atoms with Gasteiger partial charge in [-0.05, 0) is 43.0 Å². The topological polar surface area (TPSA) is 64.3 Å². The van der Waals surface area contributed by atoms with Crippen molar-refractivity contribution >= 4 is 11.6 Å². The molecule has 1 aromatic carbocycles. The molecule has 1 rings (SSSR count). The maximum Gasteiger partial charge on any atom is 0.241 e. The summed E-state index contributed by atoms with van der Waals surface area (Å²) in [6.45, 7) is 6.03. The van der Waals surface area contributed by atoms with Crippen molar-refractivity contribution in [1.82, 2.24) is 0 Å². The summed E-state index contributed by atoms with van der Waals surface area (Å²) in [6.07, 6.45) is 0.682. The molecule has 0 spiro atoms. The Bertz CT molecular complexity index is 416. The van der Waals surface area contributed by atoms with Crippen LogP contribution in [0.15, 0.2) is 18.2 Å². The zero-order valence-corrected chi connectivity index (χ0v) is 11.5. The highest BCUT2D eigenvalue weighted by Crippen LogP contribution is 2.21. The molecule has 0 bridgehead atoms. The van der Waals surface area contributed by atoms with E-state index in [0.717, 1.165) is 17.0 Å². The van der Waals surface area contributed by atoms with Gasteiger partial charge in [0.05, 0.1) is 13.2 Å². The highest BCUT2D eigenvalue weighted by Gasteiger charge is 2.15. The van der Waals surface area contributed by atoms with Crippen LogP contribution in [0.25, 0.3) is 0 Å². The zero-order chi connectivity index (χ0) is 13.7. The average molecular weight is 250 g/mol. The molecule has 0 heterocycles. The van der Waals surface area contributed by atoms with Gasteiger partial charge in [-0.1, -0.05) is 13.8 Å². The van der Waals surface area contributed by atoms with Crippen molar-refractivity contribution < 1.29 is 9.53 Å². The summed E-state index contributed by atoms with van der Waals surface area (Å²) in [4.78, 5) is 11.8. The number of methoxy groups -OCH3 is 1. The van der Waals surface area contributed by atoms with Crippen molar-refractivity contribution in [2.75, 3.05) is 12.4 Å². The predicted octanol–water partition coefficient (Wildman–Crippen LogP) is 2.32. The molecular weight excluding hydrogens is 228 g/mol. The molecule has 0 aliphatic heterocycles. The van der Waals surface area contributed by atoms with E-state index in [2.05, 4.69) is 5.32 Å². The number of hydrogen-bond acceptors (Lipinski definition) is 3. The van der Waals surface area contributed by atoms with Gasteiger partial charge in [-0.25, -0.2) is 0 Å². The first kappa shape index (κ1) is 14.5. The molecule has 0 aliphatic rings. The van der Waals surface area contributed by atoms with Gasteiger partial charge < -0.3 is 15.8 Å². The third-order valence-corrected chi connectivity index (χ3v) is 2.72. The molecule has 0 unspecified atom stereocenters. The first-order valence-electron chi connectivity index (χ1n) is 6.15. The smallest absolute Gasteiger partial charge is 0.241 e. The van der Waals surface area contributed by atoms with Crippen LogP contribution < -0.4 is 15.8 Å². The number of rotatable bonds is 5. The summed E-state index contributed by atoms with van der Waals surface area (Å²) < 4.78 is 5.17. The summed E-state index contributed by atoms with van der Waals surface area (Å²) in [6, 6.07) is 5.05. The molecule has 0 saturated carbocycles. The molecule has 0 saturated heterocycles. The molecule has 0 fully saturated rings. The highest BCUT2D eigenvalue weighted by atomic mass is 16.5. The standard InChI is InChI=1S/C14H22N2O2/c1-9(2)7-12(15)14(17)16-11-5-6-13(18-4)10(3)8-11/h5-6,8-9,12H,7,15H2,1-4H3,(H,16,17)/t12-/m1/s1. The average Bonchev–Trinajstić information content (AvgIpc) is 2.28.